The maximum Gasteiger partial charge on any atom is 0.163 e. The van der Waals surface area contributed by atoms with Crippen LogP contribution in [0.1, 0.15) is 12.0 Å². The van der Waals surface area contributed by atoms with Gasteiger partial charge in [-0.3, -0.25) is 0 Å². The quantitative estimate of drug-likeness (QED) is 0.933. The number of hydrogen-bond donors (Lipinski definition) is 1. The monoisotopic (exact) mass is 285 g/mol. The van der Waals surface area contributed by atoms with E-state index < -0.39 is 0 Å². The minimum absolute atomic E-state index is 0.701. The minimum Gasteiger partial charge on any atom is -0.497 e. The van der Waals surface area contributed by atoms with Crippen LogP contribution < -0.4 is 19.5 Å². The SMILES string of the molecule is COc1cccc(CNc2ccc3c(c2)OCCCO3)c1. The Morgan fingerprint density at radius 2 is 1.90 bits per heavy atom. The number of benzene rings is 2. The molecule has 4 nitrogen and oxygen atoms in total. The average Bonchev–Trinajstić information content (AvgIpc) is 2.78. The number of nitrogens with one attached hydrogen (secondary N) is 1. The number of fused-ring (bicyclic) bond motifs is 1. The van der Waals surface area contributed by atoms with Crippen molar-refractivity contribution >= 4 is 5.69 Å². The minimum atomic E-state index is 0.701. The lowest BCUT2D eigenvalue weighted by Crippen LogP contribution is -2.00. The molecule has 0 radical (unpaired) electrons. The van der Waals surface area contributed by atoms with Gasteiger partial charge in [0, 0.05) is 24.7 Å². The van der Waals surface area contributed by atoms with Crippen molar-refractivity contribution < 1.29 is 14.2 Å². The highest BCUT2D eigenvalue weighted by Gasteiger charge is 2.10. The van der Waals surface area contributed by atoms with Gasteiger partial charge >= 0.3 is 0 Å². The second-order valence-corrected chi connectivity index (χ2v) is 4.92. The van der Waals surface area contributed by atoms with Gasteiger partial charge in [0.1, 0.15) is 5.75 Å². The van der Waals surface area contributed by atoms with Crippen LogP contribution in [0, 0.1) is 0 Å². The van der Waals surface area contributed by atoms with Crippen LogP contribution in [0.15, 0.2) is 42.5 Å². The van der Waals surface area contributed by atoms with Crippen LogP contribution in [0.2, 0.25) is 0 Å². The van der Waals surface area contributed by atoms with Crippen LogP contribution in [-0.4, -0.2) is 20.3 Å². The summed E-state index contributed by atoms with van der Waals surface area (Å²) in [5.41, 5.74) is 2.18. The molecule has 4 heteroatoms. The lowest BCUT2D eigenvalue weighted by molar-refractivity contribution is 0.297. The molecule has 2 aromatic carbocycles. The predicted molar refractivity (Wildman–Crippen MR) is 82.4 cm³/mol. The van der Waals surface area contributed by atoms with Gasteiger partial charge in [-0.15, -0.1) is 0 Å². The molecule has 110 valence electrons. The molecule has 0 saturated heterocycles. The molecular formula is C17H19NO3. The zero-order chi connectivity index (χ0) is 14.5. The van der Waals surface area contributed by atoms with Crippen molar-refractivity contribution in [3.05, 3.63) is 48.0 Å². The maximum atomic E-state index is 5.69. The summed E-state index contributed by atoms with van der Waals surface area (Å²) >= 11 is 0. The molecule has 0 fully saturated rings. The van der Waals surface area contributed by atoms with Crippen LogP contribution >= 0.6 is 0 Å². The molecule has 3 rings (SSSR count). The molecule has 0 unspecified atom stereocenters. The van der Waals surface area contributed by atoms with E-state index in [1.165, 1.54) is 5.56 Å². The van der Waals surface area contributed by atoms with E-state index in [-0.39, 0.29) is 0 Å². The van der Waals surface area contributed by atoms with E-state index in [9.17, 15) is 0 Å². The molecule has 0 spiro atoms. The first-order chi connectivity index (χ1) is 10.3. The highest BCUT2D eigenvalue weighted by Crippen LogP contribution is 2.32. The Bertz CT molecular complexity index is 613. The van der Waals surface area contributed by atoms with E-state index >= 15 is 0 Å². The number of anilines is 1. The first-order valence-electron chi connectivity index (χ1n) is 7.11. The molecule has 1 aliphatic heterocycles. The van der Waals surface area contributed by atoms with Crippen molar-refractivity contribution in [3.8, 4) is 17.2 Å². The third-order valence-electron chi connectivity index (χ3n) is 3.38. The summed E-state index contributed by atoms with van der Waals surface area (Å²) in [5, 5.41) is 3.39. The molecule has 0 aromatic heterocycles. The van der Waals surface area contributed by atoms with Gasteiger partial charge in [-0.05, 0) is 29.8 Å². The number of methoxy groups -OCH3 is 1. The Morgan fingerprint density at radius 1 is 1.05 bits per heavy atom. The molecule has 1 N–H and O–H groups in total. The summed E-state index contributed by atoms with van der Waals surface area (Å²) in [4.78, 5) is 0. The van der Waals surface area contributed by atoms with Crippen molar-refractivity contribution in [2.45, 2.75) is 13.0 Å². The lowest BCUT2D eigenvalue weighted by atomic mass is 10.2. The molecule has 0 amide bonds. The molecular weight excluding hydrogens is 266 g/mol. The molecule has 21 heavy (non-hydrogen) atoms. The smallest absolute Gasteiger partial charge is 0.163 e. The first-order valence-corrected chi connectivity index (χ1v) is 7.11. The lowest BCUT2D eigenvalue weighted by Gasteiger charge is -2.11. The van der Waals surface area contributed by atoms with Gasteiger partial charge in [-0.2, -0.15) is 0 Å². The van der Waals surface area contributed by atoms with E-state index in [1.807, 2.05) is 36.4 Å². The van der Waals surface area contributed by atoms with Crippen LogP contribution in [0.4, 0.5) is 5.69 Å². The molecule has 0 atom stereocenters. The van der Waals surface area contributed by atoms with Gasteiger partial charge in [-0.25, -0.2) is 0 Å². The van der Waals surface area contributed by atoms with Crippen LogP contribution in [-0.2, 0) is 6.54 Å². The van der Waals surface area contributed by atoms with Crippen molar-refractivity contribution in [2.75, 3.05) is 25.6 Å². The van der Waals surface area contributed by atoms with Gasteiger partial charge in [0.05, 0.1) is 20.3 Å². The van der Waals surface area contributed by atoms with E-state index in [2.05, 4.69) is 11.4 Å². The molecule has 0 aliphatic carbocycles. The summed E-state index contributed by atoms with van der Waals surface area (Å²) in [6.07, 6.45) is 0.918. The van der Waals surface area contributed by atoms with E-state index in [4.69, 9.17) is 14.2 Å². The Labute approximate surface area is 124 Å². The Kier molecular flexibility index (Phi) is 4.15. The second-order valence-electron chi connectivity index (χ2n) is 4.92. The molecule has 2 aromatic rings. The van der Waals surface area contributed by atoms with E-state index in [1.54, 1.807) is 7.11 Å². The fourth-order valence-corrected chi connectivity index (χ4v) is 2.26. The molecule has 1 heterocycles. The highest BCUT2D eigenvalue weighted by molar-refractivity contribution is 5.55. The van der Waals surface area contributed by atoms with Gasteiger partial charge in [0.15, 0.2) is 11.5 Å². The largest absolute Gasteiger partial charge is 0.497 e. The van der Waals surface area contributed by atoms with Gasteiger partial charge < -0.3 is 19.5 Å². The fraction of sp³-hybridized carbons (Fsp3) is 0.294. The third kappa shape index (κ3) is 3.40. The first kappa shape index (κ1) is 13.6. The zero-order valence-corrected chi connectivity index (χ0v) is 12.1. The van der Waals surface area contributed by atoms with Crippen molar-refractivity contribution in [1.82, 2.24) is 0 Å². The van der Waals surface area contributed by atoms with Gasteiger partial charge in [-0.1, -0.05) is 12.1 Å². The van der Waals surface area contributed by atoms with Gasteiger partial charge in [0.25, 0.3) is 0 Å². The van der Waals surface area contributed by atoms with E-state index in [0.717, 1.165) is 35.9 Å². The molecule has 0 saturated carbocycles. The second kappa shape index (κ2) is 6.39. The Morgan fingerprint density at radius 3 is 2.76 bits per heavy atom. The van der Waals surface area contributed by atoms with Crippen LogP contribution in [0.5, 0.6) is 17.2 Å². The summed E-state index contributed by atoms with van der Waals surface area (Å²) in [6.45, 7) is 2.15. The van der Waals surface area contributed by atoms with Crippen molar-refractivity contribution in [2.24, 2.45) is 0 Å². The van der Waals surface area contributed by atoms with Crippen molar-refractivity contribution in [1.29, 1.82) is 0 Å². The molecule has 0 bridgehead atoms. The number of rotatable bonds is 4. The summed E-state index contributed by atoms with van der Waals surface area (Å²) in [5.74, 6) is 2.50. The van der Waals surface area contributed by atoms with Crippen LogP contribution in [0.3, 0.4) is 0 Å². The fourth-order valence-electron chi connectivity index (χ4n) is 2.26. The third-order valence-corrected chi connectivity index (χ3v) is 3.38. The standard InChI is InChI=1S/C17H19NO3/c1-19-15-5-2-4-13(10-15)12-18-14-6-7-16-17(11-14)21-9-3-8-20-16/h2,4-7,10-11,18H,3,8-9,12H2,1H3. The normalized spacial score (nSPS) is 13.4. The summed E-state index contributed by atoms with van der Waals surface area (Å²) in [6, 6.07) is 14.0. The van der Waals surface area contributed by atoms with Gasteiger partial charge in [0.2, 0.25) is 0 Å². The highest BCUT2D eigenvalue weighted by atomic mass is 16.5. The molecule has 1 aliphatic rings. The Hall–Kier alpha value is -2.36. The average molecular weight is 285 g/mol. The Balaban J connectivity index is 1.69. The number of hydrogen-bond acceptors (Lipinski definition) is 4. The van der Waals surface area contributed by atoms with E-state index in [0.29, 0.717) is 13.2 Å². The van der Waals surface area contributed by atoms with Crippen LogP contribution in [0.25, 0.3) is 0 Å². The predicted octanol–water partition coefficient (Wildman–Crippen LogP) is 3.47. The number of ether oxygens (including phenoxy) is 3. The van der Waals surface area contributed by atoms with Crippen molar-refractivity contribution in [3.63, 3.8) is 0 Å². The summed E-state index contributed by atoms with van der Waals surface area (Å²) < 4.78 is 16.6. The topological polar surface area (TPSA) is 39.7 Å². The zero-order valence-electron chi connectivity index (χ0n) is 12.1. The summed E-state index contributed by atoms with van der Waals surface area (Å²) in [7, 11) is 1.68. The maximum absolute atomic E-state index is 5.69.